The summed E-state index contributed by atoms with van der Waals surface area (Å²) in [4.78, 5) is 8.26. The molecule has 1 rings (SSSR count). The lowest BCUT2D eigenvalue weighted by molar-refractivity contribution is -0.274. The zero-order valence-corrected chi connectivity index (χ0v) is 12.6. The van der Waals surface area contributed by atoms with E-state index >= 15 is 0 Å². The molecule has 0 atom stereocenters. The maximum Gasteiger partial charge on any atom is 0.573 e. The number of hydrogen-bond acceptors (Lipinski definition) is 2. The molecule has 118 valence electrons. The number of rotatable bonds is 4. The molecule has 0 fully saturated rings. The summed E-state index contributed by atoms with van der Waals surface area (Å²) in [7, 11) is 7.62. The van der Waals surface area contributed by atoms with Crippen LogP contribution in [0, 0.1) is 0 Å². The molecule has 0 heterocycles. The second-order valence-corrected chi connectivity index (χ2v) is 4.91. The lowest BCUT2D eigenvalue weighted by Gasteiger charge is -2.22. The van der Waals surface area contributed by atoms with Gasteiger partial charge in [-0.2, -0.15) is 0 Å². The quantitative estimate of drug-likeness (QED) is 0.632. The molecular formula is C14H20F3N3O. The molecule has 21 heavy (non-hydrogen) atoms. The molecule has 4 nitrogen and oxygen atoms in total. The van der Waals surface area contributed by atoms with Gasteiger partial charge in [-0.1, -0.05) is 12.1 Å². The van der Waals surface area contributed by atoms with Crippen molar-refractivity contribution >= 4 is 5.96 Å². The fraction of sp³-hybridized carbons (Fsp3) is 0.500. The van der Waals surface area contributed by atoms with Crippen molar-refractivity contribution in [3.05, 3.63) is 29.8 Å². The molecule has 0 radical (unpaired) electrons. The summed E-state index contributed by atoms with van der Waals surface area (Å²) in [6.45, 7) is 0.561. The molecule has 1 aromatic rings. The van der Waals surface area contributed by atoms with Crippen molar-refractivity contribution < 1.29 is 17.9 Å². The maximum absolute atomic E-state index is 12.0. The van der Waals surface area contributed by atoms with Gasteiger partial charge < -0.3 is 14.5 Å². The van der Waals surface area contributed by atoms with Gasteiger partial charge in [-0.15, -0.1) is 13.2 Å². The van der Waals surface area contributed by atoms with Gasteiger partial charge in [-0.3, -0.25) is 4.99 Å². The van der Waals surface area contributed by atoms with Crippen LogP contribution in [0.4, 0.5) is 13.2 Å². The molecule has 0 saturated heterocycles. The Morgan fingerprint density at radius 1 is 1.05 bits per heavy atom. The van der Waals surface area contributed by atoms with E-state index in [0.29, 0.717) is 13.0 Å². The standard InChI is InChI=1S/C14H20F3N3O/c1-19(2)13(20(3)4)18-10-9-11-5-7-12(8-6-11)21-14(15,16)17/h5-8H,9-10H2,1-4H3. The summed E-state index contributed by atoms with van der Waals surface area (Å²) in [5.41, 5.74) is 0.908. The van der Waals surface area contributed by atoms with Crippen LogP contribution < -0.4 is 4.74 Å². The summed E-state index contributed by atoms with van der Waals surface area (Å²) >= 11 is 0. The summed E-state index contributed by atoms with van der Waals surface area (Å²) < 4.78 is 39.9. The fourth-order valence-corrected chi connectivity index (χ4v) is 1.83. The molecule has 0 unspecified atom stereocenters. The molecule has 0 spiro atoms. The third-order valence-corrected chi connectivity index (χ3v) is 2.61. The number of aliphatic imine (C=N–C) groups is 1. The van der Waals surface area contributed by atoms with Gasteiger partial charge >= 0.3 is 6.36 Å². The Kier molecular flexibility index (Phi) is 5.87. The number of hydrogen-bond donors (Lipinski definition) is 0. The third-order valence-electron chi connectivity index (χ3n) is 2.61. The van der Waals surface area contributed by atoms with E-state index in [1.807, 2.05) is 38.0 Å². The Labute approximate surface area is 122 Å². The number of halogens is 3. The number of nitrogens with zero attached hydrogens (tertiary/aromatic N) is 3. The van der Waals surface area contributed by atoms with Gasteiger partial charge in [0.05, 0.1) is 0 Å². The SMILES string of the molecule is CN(C)C(=NCCc1ccc(OC(F)(F)F)cc1)N(C)C. The van der Waals surface area contributed by atoms with Gasteiger partial charge in [0.2, 0.25) is 0 Å². The first-order chi connectivity index (χ1) is 9.69. The highest BCUT2D eigenvalue weighted by Gasteiger charge is 2.30. The van der Waals surface area contributed by atoms with Crippen LogP contribution in [-0.4, -0.2) is 56.9 Å². The minimum absolute atomic E-state index is 0.211. The average Bonchev–Trinajstić information content (AvgIpc) is 2.33. The van der Waals surface area contributed by atoms with Crippen LogP contribution in [0.1, 0.15) is 5.56 Å². The third kappa shape index (κ3) is 6.37. The van der Waals surface area contributed by atoms with Crippen molar-refractivity contribution in [3.8, 4) is 5.75 Å². The van der Waals surface area contributed by atoms with Gasteiger partial charge in [0.1, 0.15) is 5.75 Å². The van der Waals surface area contributed by atoms with Crippen LogP contribution in [0.3, 0.4) is 0 Å². The number of benzene rings is 1. The molecule has 0 aromatic heterocycles. The van der Waals surface area contributed by atoms with E-state index in [1.54, 1.807) is 12.1 Å². The van der Waals surface area contributed by atoms with Gasteiger partial charge in [0, 0.05) is 34.7 Å². The Morgan fingerprint density at radius 2 is 1.57 bits per heavy atom. The first-order valence-electron chi connectivity index (χ1n) is 6.43. The highest BCUT2D eigenvalue weighted by atomic mass is 19.4. The van der Waals surface area contributed by atoms with Gasteiger partial charge in [-0.05, 0) is 24.1 Å². The lowest BCUT2D eigenvalue weighted by Crippen LogP contribution is -2.35. The lowest BCUT2D eigenvalue weighted by atomic mass is 10.1. The van der Waals surface area contributed by atoms with Crippen molar-refractivity contribution in [2.45, 2.75) is 12.8 Å². The van der Waals surface area contributed by atoms with E-state index in [-0.39, 0.29) is 5.75 Å². The summed E-state index contributed by atoms with van der Waals surface area (Å²) in [6.07, 6.45) is -4.00. The van der Waals surface area contributed by atoms with Crippen LogP contribution in [0.2, 0.25) is 0 Å². The van der Waals surface area contributed by atoms with E-state index in [9.17, 15) is 13.2 Å². The second-order valence-electron chi connectivity index (χ2n) is 4.91. The van der Waals surface area contributed by atoms with Crippen LogP contribution in [0.5, 0.6) is 5.75 Å². The zero-order chi connectivity index (χ0) is 16.0. The Balaban J connectivity index is 2.59. The van der Waals surface area contributed by atoms with Crippen molar-refractivity contribution in [3.63, 3.8) is 0 Å². The number of guanidine groups is 1. The monoisotopic (exact) mass is 303 g/mol. The van der Waals surface area contributed by atoms with Crippen LogP contribution in [0.25, 0.3) is 0 Å². The first kappa shape index (κ1) is 17.1. The zero-order valence-electron chi connectivity index (χ0n) is 12.6. The van der Waals surface area contributed by atoms with Gasteiger partial charge in [0.15, 0.2) is 5.96 Å². The van der Waals surface area contributed by atoms with Gasteiger partial charge in [0.25, 0.3) is 0 Å². The molecule has 0 bridgehead atoms. The smallest absolute Gasteiger partial charge is 0.406 e. The Hall–Kier alpha value is -1.92. The second kappa shape index (κ2) is 7.19. The molecule has 0 aliphatic heterocycles. The van der Waals surface area contributed by atoms with E-state index in [0.717, 1.165) is 11.5 Å². The van der Waals surface area contributed by atoms with Crippen LogP contribution >= 0.6 is 0 Å². The fourth-order valence-electron chi connectivity index (χ4n) is 1.83. The minimum Gasteiger partial charge on any atom is -0.406 e. The molecule has 1 aromatic carbocycles. The van der Waals surface area contributed by atoms with Crippen molar-refractivity contribution in [1.82, 2.24) is 9.80 Å². The molecule has 0 amide bonds. The van der Waals surface area contributed by atoms with Crippen molar-refractivity contribution in [2.24, 2.45) is 4.99 Å². The van der Waals surface area contributed by atoms with E-state index in [2.05, 4.69) is 9.73 Å². The normalized spacial score (nSPS) is 11.0. The molecule has 0 saturated carbocycles. The van der Waals surface area contributed by atoms with E-state index < -0.39 is 6.36 Å². The molecule has 7 heteroatoms. The average molecular weight is 303 g/mol. The number of ether oxygens (including phenoxy) is 1. The predicted octanol–water partition coefficient (Wildman–Crippen LogP) is 2.61. The highest BCUT2D eigenvalue weighted by Crippen LogP contribution is 2.22. The first-order valence-corrected chi connectivity index (χ1v) is 6.43. The van der Waals surface area contributed by atoms with Crippen LogP contribution in [-0.2, 0) is 6.42 Å². The van der Waals surface area contributed by atoms with E-state index in [1.165, 1.54) is 12.1 Å². The van der Waals surface area contributed by atoms with Crippen molar-refractivity contribution in [1.29, 1.82) is 0 Å². The highest BCUT2D eigenvalue weighted by molar-refractivity contribution is 5.79. The summed E-state index contributed by atoms with van der Waals surface area (Å²) in [6, 6.07) is 5.85. The van der Waals surface area contributed by atoms with E-state index in [4.69, 9.17) is 0 Å². The molecule has 0 aliphatic rings. The Bertz CT molecular complexity index is 457. The molecule has 0 N–H and O–H groups in total. The summed E-state index contributed by atoms with van der Waals surface area (Å²) in [5, 5.41) is 0. The largest absolute Gasteiger partial charge is 0.573 e. The minimum atomic E-state index is -4.65. The van der Waals surface area contributed by atoms with Crippen molar-refractivity contribution in [2.75, 3.05) is 34.7 Å². The summed E-state index contributed by atoms with van der Waals surface area (Å²) in [5.74, 6) is 0.629. The molecule has 0 aliphatic carbocycles. The number of alkyl halides is 3. The topological polar surface area (TPSA) is 28.1 Å². The van der Waals surface area contributed by atoms with Crippen LogP contribution in [0.15, 0.2) is 29.3 Å². The van der Waals surface area contributed by atoms with Gasteiger partial charge in [-0.25, -0.2) is 0 Å². The Morgan fingerprint density at radius 3 is 2.00 bits per heavy atom. The predicted molar refractivity (Wildman–Crippen MR) is 76.5 cm³/mol. The molecular weight excluding hydrogens is 283 g/mol. The maximum atomic E-state index is 12.0.